The van der Waals surface area contributed by atoms with Gasteiger partial charge in [-0.3, -0.25) is 4.99 Å². The molecule has 0 amide bonds. The number of anilines is 1. The van der Waals surface area contributed by atoms with Crippen LogP contribution in [0.4, 0.5) is 5.69 Å². The van der Waals surface area contributed by atoms with E-state index in [2.05, 4.69) is 49.4 Å². The predicted octanol–water partition coefficient (Wildman–Crippen LogP) is 4.22. The van der Waals surface area contributed by atoms with Crippen LogP contribution in [0.1, 0.15) is 36.8 Å². The zero-order valence-corrected chi connectivity index (χ0v) is 12.5. The Morgan fingerprint density at radius 1 is 1.10 bits per heavy atom. The molecular weight excluding hydrogens is 256 g/mol. The molecule has 1 aliphatic heterocycles. The van der Waals surface area contributed by atoms with Gasteiger partial charge in [-0.2, -0.15) is 0 Å². The van der Waals surface area contributed by atoms with Gasteiger partial charge in [-0.25, -0.2) is 0 Å². The minimum absolute atomic E-state index is 0.427. The molecule has 2 nitrogen and oxygen atoms in total. The quantitative estimate of drug-likeness (QED) is 0.836. The lowest BCUT2D eigenvalue weighted by atomic mass is 9.92. The molecule has 0 saturated carbocycles. The van der Waals surface area contributed by atoms with Gasteiger partial charge in [0.2, 0.25) is 0 Å². The van der Waals surface area contributed by atoms with Crippen LogP contribution in [0.5, 0.6) is 0 Å². The summed E-state index contributed by atoms with van der Waals surface area (Å²) in [4.78, 5) is 4.97. The van der Waals surface area contributed by atoms with Crippen molar-refractivity contribution in [2.45, 2.75) is 38.1 Å². The van der Waals surface area contributed by atoms with Gasteiger partial charge in [0, 0.05) is 23.7 Å². The molecule has 2 aromatic rings. The van der Waals surface area contributed by atoms with Crippen molar-refractivity contribution in [2.24, 2.45) is 4.99 Å². The van der Waals surface area contributed by atoms with E-state index >= 15 is 0 Å². The Hall–Kier alpha value is -2.09. The Bertz CT molecular complexity index is 614. The highest BCUT2D eigenvalue weighted by Gasteiger charge is 2.23. The van der Waals surface area contributed by atoms with E-state index in [1.807, 2.05) is 12.1 Å². The maximum Gasteiger partial charge on any atom is 0.0568 e. The fourth-order valence-electron chi connectivity index (χ4n) is 3.02. The Morgan fingerprint density at radius 2 is 1.81 bits per heavy atom. The Morgan fingerprint density at radius 3 is 2.52 bits per heavy atom. The Balaban J connectivity index is 1.68. The summed E-state index contributed by atoms with van der Waals surface area (Å²) in [6.45, 7) is 2.29. The smallest absolute Gasteiger partial charge is 0.0568 e. The summed E-state index contributed by atoms with van der Waals surface area (Å²) in [7, 11) is 0. The van der Waals surface area contributed by atoms with E-state index < -0.39 is 0 Å². The summed E-state index contributed by atoms with van der Waals surface area (Å²) in [6.07, 6.45) is 3.24. The molecule has 1 aliphatic rings. The van der Waals surface area contributed by atoms with Gasteiger partial charge in [0.25, 0.3) is 0 Å². The molecular formula is C19H22N2. The molecule has 0 radical (unpaired) electrons. The third-order valence-corrected chi connectivity index (χ3v) is 4.37. The summed E-state index contributed by atoms with van der Waals surface area (Å²) >= 11 is 0. The highest BCUT2D eigenvalue weighted by Crippen LogP contribution is 2.29. The van der Waals surface area contributed by atoms with Gasteiger partial charge >= 0.3 is 0 Å². The van der Waals surface area contributed by atoms with Crippen molar-refractivity contribution in [1.82, 2.24) is 0 Å². The standard InChI is InChI=1S/C19H22N2/c1-14(16-5-3-2-4-6-16)19-12-11-18(21-19)13-15-7-9-17(20)10-8-15/h2-10,14,19H,11-13,20H2,1H3/t14?,19-/m1/s1. The molecule has 2 N–H and O–H groups in total. The number of nitrogens with two attached hydrogens (primary N) is 1. The topological polar surface area (TPSA) is 38.4 Å². The first-order valence-electron chi connectivity index (χ1n) is 7.67. The lowest BCUT2D eigenvalue weighted by Crippen LogP contribution is -2.10. The number of aliphatic imine (C=N–C) groups is 1. The predicted molar refractivity (Wildman–Crippen MR) is 89.9 cm³/mol. The zero-order valence-electron chi connectivity index (χ0n) is 12.5. The highest BCUT2D eigenvalue weighted by molar-refractivity contribution is 5.88. The van der Waals surface area contributed by atoms with Gasteiger partial charge in [0.05, 0.1) is 6.04 Å². The van der Waals surface area contributed by atoms with Gasteiger partial charge in [0.15, 0.2) is 0 Å². The van der Waals surface area contributed by atoms with Crippen molar-refractivity contribution in [1.29, 1.82) is 0 Å². The minimum atomic E-state index is 0.427. The Labute approximate surface area is 126 Å². The third kappa shape index (κ3) is 3.33. The van der Waals surface area contributed by atoms with Gasteiger partial charge in [-0.15, -0.1) is 0 Å². The number of hydrogen-bond acceptors (Lipinski definition) is 2. The molecule has 0 bridgehead atoms. The second-order valence-corrected chi connectivity index (χ2v) is 5.92. The van der Waals surface area contributed by atoms with E-state index in [0.29, 0.717) is 12.0 Å². The molecule has 0 saturated heterocycles. The molecule has 0 spiro atoms. The van der Waals surface area contributed by atoms with Gasteiger partial charge < -0.3 is 5.73 Å². The van der Waals surface area contributed by atoms with Crippen molar-refractivity contribution in [3.05, 3.63) is 65.7 Å². The minimum Gasteiger partial charge on any atom is -0.399 e. The van der Waals surface area contributed by atoms with Crippen molar-refractivity contribution < 1.29 is 0 Å². The summed E-state index contributed by atoms with van der Waals surface area (Å²) in [5, 5.41) is 0. The average molecular weight is 278 g/mol. The van der Waals surface area contributed by atoms with Crippen LogP contribution in [0, 0.1) is 0 Å². The molecule has 0 fully saturated rings. The first-order chi connectivity index (χ1) is 10.2. The Kier molecular flexibility index (Phi) is 4.05. The second-order valence-electron chi connectivity index (χ2n) is 5.92. The number of nitrogens with zero attached hydrogens (tertiary/aromatic N) is 1. The molecule has 2 aromatic carbocycles. The van der Waals surface area contributed by atoms with E-state index in [0.717, 1.165) is 18.5 Å². The van der Waals surface area contributed by atoms with Crippen molar-refractivity contribution >= 4 is 11.4 Å². The SMILES string of the molecule is CC(c1ccccc1)[C@H]1CCC(Cc2ccc(N)cc2)=N1. The first-order valence-corrected chi connectivity index (χ1v) is 7.67. The van der Waals surface area contributed by atoms with Crippen LogP contribution in [0.25, 0.3) is 0 Å². The van der Waals surface area contributed by atoms with Gasteiger partial charge in [0.1, 0.15) is 0 Å². The van der Waals surface area contributed by atoms with E-state index in [1.54, 1.807) is 0 Å². The lowest BCUT2D eigenvalue weighted by molar-refractivity contribution is 0.568. The maximum atomic E-state index is 5.73. The molecule has 2 atom stereocenters. The van der Waals surface area contributed by atoms with Crippen molar-refractivity contribution in [3.8, 4) is 0 Å². The summed E-state index contributed by atoms with van der Waals surface area (Å²) in [5.41, 5.74) is 10.6. The van der Waals surface area contributed by atoms with Gasteiger partial charge in [-0.05, 0) is 36.1 Å². The van der Waals surface area contributed by atoms with Crippen molar-refractivity contribution in [2.75, 3.05) is 5.73 Å². The van der Waals surface area contributed by atoms with Crippen molar-refractivity contribution in [3.63, 3.8) is 0 Å². The summed E-state index contributed by atoms with van der Waals surface area (Å²) < 4.78 is 0. The van der Waals surface area contributed by atoms with E-state index in [4.69, 9.17) is 10.7 Å². The molecule has 0 aliphatic carbocycles. The van der Waals surface area contributed by atoms with Crippen LogP contribution in [-0.4, -0.2) is 11.8 Å². The zero-order chi connectivity index (χ0) is 14.7. The van der Waals surface area contributed by atoms with Gasteiger partial charge in [-0.1, -0.05) is 49.4 Å². The normalized spacial score (nSPS) is 19.3. The summed E-state index contributed by atoms with van der Waals surface area (Å²) in [6, 6.07) is 19.3. The van der Waals surface area contributed by atoms with E-state index in [1.165, 1.54) is 23.3 Å². The fourth-order valence-corrected chi connectivity index (χ4v) is 3.02. The second kappa shape index (κ2) is 6.13. The van der Waals surface area contributed by atoms with E-state index in [-0.39, 0.29) is 0 Å². The van der Waals surface area contributed by atoms with Crippen LogP contribution in [0.2, 0.25) is 0 Å². The monoisotopic (exact) mass is 278 g/mol. The molecule has 1 heterocycles. The first kappa shape index (κ1) is 13.9. The number of rotatable bonds is 4. The molecule has 2 heteroatoms. The van der Waals surface area contributed by atoms with Crippen LogP contribution in [0.15, 0.2) is 59.6 Å². The fraction of sp³-hybridized carbons (Fsp3) is 0.316. The van der Waals surface area contributed by atoms with E-state index in [9.17, 15) is 0 Å². The molecule has 108 valence electrons. The molecule has 0 aromatic heterocycles. The third-order valence-electron chi connectivity index (χ3n) is 4.37. The average Bonchev–Trinajstić information content (AvgIpc) is 2.98. The highest BCUT2D eigenvalue weighted by atomic mass is 14.8. The molecule has 21 heavy (non-hydrogen) atoms. The number of hydrogen-bond donors (Lipinski definition) is 1. The molecule has 1 unspecified atom stereocenters. The lowest BCUT2D eigenvalue weighted by Gasteiger charge is -2.16. The largest absolute Gasteiger partial charge is 0.399 e. The summed E-state index contributed by atoms with van der Waals surface area (Å²) in [5.74, 6) is 0.495. The number of benzene rings is 2. The molecule has 3 rings (SSSR count). The van der Waals surface area contributed by atoms with Crippen LogP contribution in [-0.2, 0) is 6.42 Å². The maximum absolute atomic E-state index is 5.73. The van der Waals surface area contributed by atoms with Crippen LogP contribution in [0.3, 0.4) is 0 Å². The van der Waals surface area contributed by atoms with Crippen LogP contribution >= 0.6 is 0 Å². The number of nitrogen functional groups attached to an aromatic ring is 1. The van der Waals surface area contributed by atoms with Crippen LogP contribution < -0.4 is 5.73 Å².